The number of nitrogens with zero attached hydrogens (tertiary/aromatic N) is 1. The molecule has 0 saturated heterocycles. The van der Waals surface area contributed by atoms with Gasteiger partial charge in [-0.15, -0.1) is 0 Å². The van der Waals surface area contributed by atoms with Crippen molar-refractivity contribution in [1.29, 1.82) is 0 Å². The van der Waals surface area contributed by atoms with Gasteiger partial charge in [0, 0.05) is 35.6 Å². The average molecular weight is 374 g/mol. The highest BCUT2D eigenvalue weighted by Crippen LogP contribution is 2.20. The molecule has 0 unspecified atom stereocenters. The Hall–Kier alpha value is -1.57. The lowest BCUT2D eigenvalue weighted by Gasteiger charge is -2.08. The predicted octanol–water partition coefficient (Wildman–Crippen LogP) is 2.86. The highest BCUT2D eigenvalue weighted by atomic mass is 35.5. The molecule has 0 saturated carbocycles. The summed E-state index contributed by atoms with van der Waals surface area (Å²) in [6.45, 7) is 6.19. The zero-order chi connectivity index (χ0) is 18.5. The van der Waals surface area contributed by atoms with Gasteiger partial charge in [-0.25, -0.2) is 12.7 Å². The number of rotatable bonds is 4. The molecule has 1 aromatic heterocycles. The third kappa shape index (κ3) is 6.14. The summed E-state index contributed by atoms with van der Waals surface area (Å²) >= 11 is 5.88. The first-order valence-electron chi connectivity index (χ1n) is 7.55. The van der Waals surface area contributed by atoms with Gasteiger partial charge in [-0.3, -0.25) is 4.79 Å². The minimum Gasteiger partial charge on any atom is -0.351 e. The molecule has 0 aliphatic carbocycles. The number of carbonyl (C=O) groups is 1. The minimum atomic E-state index is -2.92. The second kappa shape index (κ2) is 8.50. The smallest absolute Gasteiger partial charge is 0.267 e. The van der Waals surface area contributed by atoms with Crippen LogP contribution in [0.25, 0.3) is 10.9 Å². The highest BCUT2D eigenvalue weighted by Gasteiger charge is 2.10. The second-order valence-corrected chi connectivity index (χ2v) is 8.25. The predicted molar refractivity (Wildman–Crippen MR) is 99.1 cm³/mol. The first-order chi connectivity index (χ1) is 11.0. The number of aromatic amines is 1. The molecule has 2 aromatic rings. The van der Waals surface area contributed by atoms with Crippen molar-refractivity contribution in [3.8, 4) is 0 Å². The van der Waals surface area contributed by atoms with E-state index in [0.29, 0.717) is 17.3 Å². The van der Waals surface area contributed by atoms with E-state index in [4.69, 9.17) is 11.6 Å². The van der Waals surface area contributed by atoms with Gasteiger partial charge in [0.05, 0.1) is 6.26 Å². The van der Waals surface area contributed by atoms with Crippen LogP contribution in [0.15, 0.2) is 24.3 Å². The van der Waals surface area contributed by atoms with Crippen LogP contribution in [0.2, 0.25) is 5.02 Å². The summed E-state index contributed by atoms with van der Waals surface area (Å²) in [5.74, 6) is -0.0951. The molecule has 134 valence electrons. The molecule has 6 nitrogen and oxygen atoms in total. The van der Waals surface area contributed by atoms with E-state index in [9.17, 15) is 13.2 Å². The monoisotopic (exact) mass is 373 g/mol. The van der Waals surface area contributed by atoms with Crippen molar-refractivity contribution in [2.75, 3.05) is 19.8 Å². The van der Waals surface area contributed by atoms with E-state index in [0.717, 1.165) is 10.9 Å². The number of nitrogens with one attached hydrogen (secondary N) is 2. The summed E-state index contributed by atoms with van der Waals surface area (Å²) in [5.41, 5.74) is 1.48. The fourth-order valence-corrected chi connectivity index (χ4v) is 2.45. The van der Waals surface area contributed by atoms with E-state index in [-0.39, 0.29) is 11.9 Å². The average Bonchev–Trinajstić information content (AvgIpc) is 2.88. The molecule has 1 aromatic carbocycles. The van der Waals surface area contributed by atoms with Gasteiger partial charge < -0.3 is 10.3 Å². The standard InChI is InChI=1S/C12H13ClN2O.C4H11NO2S/c1-7(2)14-12(16)11-6-8-5-9(13)3-4-10(8)15-11;1-4-5(2)8(3,6)7/h3-7,15H,1-2H3,(H,14,16);4H2,1-3H3. The summed E-state index contributed by atoms with van der Waals surface area (Å²) in [5, 5.41) is 4.45. The number of hydrogen-bond donors (Lipinski definition) is 2. The number of halogens is 1. The Bertz CT molecular complexity index is 800. The van der Waals surface area contributed by atoms with Crippen molar-refractivity contribution in [3.63, 3.8) is 0 Å². The van der Waals surface area contributed by atoms with Crippen molar-refractivity contribution in [3.05, 3.63) is 35.0 Å². The van der Waals surface area contributed by atoms with Gasteiger partial charge in [0.15, 0.2) is 0 Å². The van der Waals surface area contributed by atoms with Gasteiger partial charge in [0.1, 0.15) is 5.69 Å². The maximum atomic E-state index is 11.7. The van der Waals surface area contributed by atoms with Crippen molar-refractivity contribution in [1.82, 2.24) is 14.6 Å². The summed E-state index contributed by atoms with van der Waals surface area (Å²) in [6.07, 6.45) is 1.19. The number of sulfonamides is 1. The summed E-state index contributed by atoms with van der Waals surface area (Å²) < 4.78 is 22.3. The van der Waals surface area contributed by atoms with Crippen molar-refractivity contribution < 1.29 is 13.2 Å². The van der Waals surface area contributed by atoms with Gasteiger partial charge in [0.2, 0.25) is 10.0 Å². The van der Waals surface area contributed by atoms with Crippen LogP contribution in [0.4, 0.5) is 0 Å². The Morgan fingerprint density at radius 2 is 1.96 bits per heavy atom. The van der Waals surface area contributed by atoms with Crippen LogP contribution in [0.3, 0.4) is 0 Å². The molecule has 2 rings (SSSR count). The number of benzene rings is 1. The van der Waals surface area contributed by atoms with Crippen molar-refractivity contribution in [2.24, 2.45) is 0 Å². The molecule has 1 heterocycles. The summed E-state index contributed by atoms with van der Waals surface area (Å²) in [6, 6.07) is 7.43. The van der Waals surface area contributed by atoms with Crippen LogP contribution >= 0.6 is 11.6 Å². The molecule has 0 aliphatic heterocycles. The van der Waals surface area contributed by atoms with Crippen LogP contribution in [0.1, 0.15) is 31.3 Å². The molecule has 8 heteroatoms. The summed E-state index contributed by atoms with van der Waals surface area (Å²) in [4.78, 5) is 14.8. The third-order valence-corrected chi connectivity index (χ3v) is 4.88. The van der Waals surface area contributed by atoms with E-state index < -0.39 is 10.0 Å². The zero-order valence-corrected chi connectivity index (χ0v) is 16.1. The van der Waals surface area contributed by atoms with Gasteiger partial charge in [0.25, 0.3) is 5.91 Å². The van der Waals surface area contributed by atoms with E-state index in [2.05, 4.69) is 10.3 Å². The maximum absolute atomic E-state index is 11.7. The van der Waals surface area contributed by atoms with Crippen LogP contribution < -0.4 is 5.32 Å². The number of fused-ring (bicyclic) bond motifs is 1. The lowest BCUT2D eigenvalue weighted by molar-refractivity contribution is 0.0939. The van der Waals surface area contributed by atoms with E-state index >= 15 is 0 Å². The van der Waals surface area contributed by atoms with Crippen LogP contribution in [-0.4, -0.2) is 49.5 Å². The van der Waals surface area contributed by atoms with Gasteiger partial charge in [-0.2, -0.15) is 0 Å². The fourth-order valence-electron chi connectivity index (χ4n) is 1.80. The molecular weight excluding hydrogens is 350 g/mol. The Kier molecular flexibility index (Phi) is 7.26. The van der Waals surface area contributed by atoms with E-state index in [1.807, 2.05) is 26.0 Å². The maximum Gasteiger partial charge on any atom is 0.267 e. The number of hydrogen-bond acceptors (Lipinski definition) is 3. The fraction of sp³-hybridized carbons (Fsp3) is 0.438. The molecular formula is C16H24ClN3O3S. The Morgan fingerprint density at radius 3 is 2.42 bits per heavy atom. The second-order valence-electron chi connectivity index (χ2n) is 5.72. The van der Waals surface area contributed by atoms with E-state index in [1.54, 1.807) is 26.1 Å². The number of amides is 1. The van der Waals surface area contributed by atoms with Gasteiger partial charge in [-0.1, -0.05) is 18.5 Å². The van der Waals surface area contributed by atoms with Crippen molar-refractivity contribution in [2.45, 2.75) is 26.8 Å². The molecule has 0 spiro atoms. The van der Waals surface area contributed by atoms with Crippen LogP contribution in [0, 0.1) is 0 Å². The largest absolute Gasteiger partial charge is 0.351 e. The van der Waals surface area contributed by atoms with Gasteiger partial charge >= 0.3 is 0 Å². The number of H-pyrrole nitrogens is 1. The lowest BCUT2D eigenvalue weighted by atomic mass is 10.2. The first-order valence-corrected chi connectivity index (χ1v) is 9.77. The summed E-state index contributed by atoms with van der Waals surface area (Å²) in [7, 11) is -1.37. The number of aromatic nitrogens is 1. The molecule has 24 heavy (non-hydrogen) atoms. The molecule has 0 aliphatic rings. The topological polar surface area (TPSA) is 82.3 Å². The zero-order valence-electron chi connectivity index (χ0n) is 14.6. The molecule has 0 fully saturated rings. The Labute approximate surface area is 148 Å². The van der Waals surface area contributed by atoms with Crippen molar-refractivity contribution >= 4 is 38.4 Å². The normalized spacial score (nSPS) is 11.5. The third-order valence-electron chi connectivity index (χ3n) is 3.26. The lowest BCUT2D eigenvalue weighted by Crippen LogP contribution is -2.30. The molecule has 2 N–H and O–H groups in total. The molecule has 0 radical (unpaired) electrons. The SMILES string of the molecule is CC(C)NC(=O)c1cc2cc(Cl)ccc2[nH]1.CCN(C)S(C)(=O)=O. The molecule has 0 atom stereocenters. The van der Waals surface area contributed by atoms with E-state index in [1.165, 1.54) is 10.6 Å². The van der Waals surface area contributed by atoms with Crippen LogP contribution in [-0.2, 0) is 10.0 Å². The minimum absolute atomic E-state index is 0.0951. The number of carbonyl (C=O) groups excluding carboxylic acids is 1. The first kappa shape index (κ1) is 20.5. The molecule has 1 amide bonds. The quantitative estimate of drug-likeness (QED) is 0.864. The highest BCUT2D eigenvalue weighted by molar-refractivity contribution is 7.88. The Balaban J connectivity index is 0.000000307. The van der Waals surface area contributed by atoms with Crippen LogP contribution in [0.5, 0.6) is 0 Å². The molecule has 0 bridgehead atoms. The Morgan fingerprint density at radius 1 is 1.33 bits per heavy atom. The van der Waals surface area contributed by atoms with Gasteiger partial charge in [-0.05, 0) is 38.1 Å².